The molecule has 0 amide bonds. The van der Waals surface area contributed by atoms with Crippen molar-refractivity contribution in [1.29, 1.82) is 0 Å². The van der Waals surface area contributed by atoms with Crippen LogP contribution in [-0.4, -0.2) is 27.2 Å². The largest absolute Gasteiger partial charge is 0.462 e. The van der Waals surface area contributed by atoms with E-state index in [1.807, 2.05) is 0 Å². The molecule has 15 heavy (non-hydrogen) atoms. The maximum absolute atomic E-state index is 11.3. The summed E-state index contributed by atoms with van der Waals surface area (Å²) < 4.78 is 36.6. The first-order chi connectivity index (χ1) is 6.96. The van der Waals surface area contributed by atoms with Crippen LogP contribution < -0.4 is 0 Å². The van der Waals surface area contributed by atoms with Crippen LogP contribution in [0.3, 0.4) is 0 Å². The third-order valence-corrected chi connectivity index (χ3v) is 2.50. The van der Waals surface area contributed by atoms with Crippen LogP contribution in [0.4, 0.5) is 0 Å². The van der Waals surface area contributed by atoms with E-state index >= 15 is 0 Å². The minimum absolute atomic E-state index is 0.0680. The third-order valence-electron chi connectivity index (χ3n) is 1.42. The highest BCUT2D eigenvalue weighted by Gasteiger charge is 2.30. The Labute approximate surface area is 87.0 Å². The summed E-state index contributed by atoms with van der Waals surface area (Å²) in [4.78, 5) is 10.7. The summed E-state index contributed by atoms with van der Waals surface area (Å²) in [5.74, 6) is -1.37. The van der Waals surface area contributed by atoms with E-state index < -0.39 is 20.7 Å². The van der Waals surface area contributed by atoms with Gasteiger partial charge in [0.25, 0.3) is 0 Å². The predicted octanol–water partition coefficient (Wildman–Crippen LogP) is 0.281. The van der Waals surface area contributed by atoms with Crippen molar-refractivity contribution >= 4 is 15.8 Å². The topological polar surface area (TPSA) is 78.9 Å². The molecule has 1 aliphatic heterocycles. The van der Waals surface area contributed by atoms with Gasteiger partial charge in [-0.25, -0.2) is 13.2 Å². The SMILES string of the molecule is CCOC(=O)C(=C1OC=CO1)S(C)(=O)=O. The Morgan fingerprint density at radius 3 is 2.33 bits per heavy atom. The monoisotopic (exact) mass is 234 g/mol. The molecule has 0 bridgehead atoms. The first kappa shape index (κ1) is 11.6. The fourth-order valence-corrected chi connectivity index (χ4v) is 1.66. The molecule has 1 aliphatic rings. The van der Waals surface area contributed by atoms with Crippen molar-refractivity contribution < 1.29 is 27.4 Å². The Morgan fingerprint density at radius 1 is 1.40 bits per heavy atom. The number of hydrogen-bond acceptors (Lipinski definition) is 6. The van der Waals surface area contributed by atoms with Crippen LogP contribution in [0.2, 0.25) is 0 Å². The normalized spacial score (nSPS) is 14.4. The summed E-state index contributed by atoms with van der Waals surface area (Å²) in [6.07, 6.45) is 3.12. The third kappa shape index (κ3) is 2.72. The van der Waals surface area contributed by atoms with Gasteiger partial charge in [0, 0.05) is 6.26 Å². The number of hydrogen-bond donors (Lipinski definition) is 0. The van der Waals surface area contributed by atoms with Crippen LogP contribution in [0.15, 0.2) is 23.4 Å². The lowest BCUT2D eigenvalue weighted by Gasteiger charge is -2.06. The van der Waals surface area contributed by atoms with Crippen molar-refractivity contribution in [1.82, 2.24) is 0 Å². The second-order valence-electron chi connectivity index (χ2n) is 2.62. The molecule has 0 aromatic carbocycles. The van der Waals surface area contributed by atoms with Gasteiger partial charge in [0.15, 0.2) is 9.84 Å². The molecule has 0 spiro atoms. The lowest BCUT2D eigenvalue weighted by Crippen LogP contribution is -2.18. The highest BCUT2D eigenvalue weighted by Crippen LogP contribution is 2.20. The number of ether oxygens (including phenoxy) is 3. The summed E-state index contributed by atoms with van der Waals surface area (Å²) in [6.45, 7) is 1.63. The number of esters is 1. The minimum atomic E-state index is -3.75. The Morgan fingerprint density at radius 2 is 1.93 bits per heavy atom. The molecular weight excluding hydrogens is 224 g/mol. The minimum Gasteiger partial charge on any atom is -0.462 e. The standard InChI is InChI=1S/C8H10O6S/c1-3-12-7(9)6(15(2,10)11)8-13-4-5-14-8/h4-5H,3H2,1-2H3. The van der Waals surface area contributed by atoms with Crippen molar-refractivity contribution in [2.45, 2.75) is 6.92 Å². The van der Waals surface area contributed by atoms with Gasteiger partial charge in [0.1, 0.15) is 12.5 Å². The smallest absolute Gasteiger partial charge is 0.357 e. The Balaban J connectivity index is 3.10. The molecule has 7 heteroatoms. The van der Waals surface area contributed by atoms with E-state index in [1.54, 1.807) is 6.92 Å². The second kappa shape index (κ2) is 4.35. The molecule has 0 fully saturated rings. The summed E-state index contributed by atoms with van der Waals surface area (Å²) in [5, 5.41) is 0. The molecule has 1 heterocycles. The van der Waals surface area contributed by atoms with Crippen molar-refractivity contribution in [2.75, 3.05) is 12.9 Å². The van der Waals surface area contributed by atoms with Crippen LogP contribution in [0.25, 0.3) is 0 Å². The molecule has 84 valence electrons. The first-order valence-electron chi connectivity index (χ1n) is 4.06. The van der Waals surface area contributed by atoms with E-state index in [0.29, 0.717) is 0 Å². The van der Waals surface area contributed by atoms with Crippen LogP contribution in [-0.2, 0) is 28.8 Å². The molecule has 0 unspecified atom stereocenters. The van der Waals surface area contributed by atoms with E-state index in [2.05, 4.69) is 4.74 Å². The van der Waals surface area contributed by atoms with Gasteiger partial charge in [0.2, 0.25) is 4.91 Å². The zero-order valence-electron chi connectivity index (χ0n) is 8.22. The van der Waals surface area contributed by atoms with Gasteiger partial charge >= 0.3 is 11.9 Å². The molecule has 0 aliphatic carbocycles. The van der Waals surface area contributed by atoms with Crippen molar-refractivity contribution in [3.05, 3.63) is 23.4 Å². The zero-order valence-corrected chi connectivity index (χ0v) is 9.04. The van der Waals surface area contributed by atoms with E-state index in [0.717, 1.165) is 18.8 Å². The van der Waals surface area contributed by atoms with Crippen molar-refractivity contribution in [3.8, 4) is 0 Å². The molecule has 0 aromatic heterocycles. The van der Waals surface area contributed by atoms with E-state index in [4.69, 9.17) is 9.47 Å². The molecule has 0 radical (unpaired) electrons. The van der Waals surface area contributed by atoms with Crippen molar-refractivity contribution in [2.24, 2.45) is 0 Å². The Bertz CT molecular complexity index is 406. The maximum Gasteiger partial charge on any atom is 0.357 e. The molecular formula is C8H10O6S. The predicted molar refractivity (Wildman–Crippen MR) is 49.8 cm³/mol. The summed E-state index contributed by atoms with van der Waals surface area (Å²) >= 11 is 0. The van der Waals surface area contributed by atoms with E-state index in [9.17, 15) is 13.2 Å². The molecule has 0 saturated heterocycles. The van der Waals surface area contributed by atoms with Crippen LogP contribution >= 0.6 is 0 Å². The van der Waals surface area contributed by atoms with Gasteiger partial charge in [0.05, 0.1) is 6.61 Å². The first-order valence-corrected chi connectivity index (χ1v) is 5.95. The Hall–Kier alpha value is -1.50. The van der Waals surface area contributed by atoms with Gasteiger partial charge in [-0.05, 0) is 6.92 Å². The fourth-order valence-electron chi connectivity index (χ4n) is 0.897. The van der Waals surface area contributed by atoms with Crippen LogP contribution in [0.1, 0.15) is 6.92 Å². The van der Waals surface area contributed by atoms with Gasteiger partial charge in [-0.1, -0.05) is 0 Å². The van der Waals surface area contributed by atoms with Crippen LogP contribution in [0.5, 0.6) is 0 Å². The highest BCUT2D eigenvalue weighted by atomic mass is 32.2. The zero-order chi connectivity index (χ0) is 11.5. The fraction of sp³-hybridized carbons (Fsp3) is 0.375. The average Bonchev–Trinajstić information content (AvgIpc) is 2.55. The number of rotatable bonds is 3. The number of carbonyl (C=O) groups is 1. The van der Waals surface area contributed by atoms with Gasteiger partial charge in [-0.15, -0.1) is 0 Å². The summed E-state index contributed by atoms with van der Waals surface area (Å²) in [7, 11) is -3.75. The lowest BCUT2D eigenvalue weighted by atomic mass is 10.6. The van der Waals surface area contributed by atoms with Crippen LogP contribution in [0, 0.1) is 0 Å². The number of carbonyl (C=O) groups excluding carboxylic acids is 1. The van der Waals surface area contributed by atoms with Gasteiger partial charge in [-0.3, -0.25) is 0 Å². The lowest BCUT2D eigenvalue weighted by molar-refractivity contribution is -0.138. The molecule has 0 atom stereocenters. The van der Waals surface area contributed by atoms with Crippen molar-refractivity contribution in [3.63, 3.8) is 0 Å². The van der Waals surface area contributed by atoms with Gasteiger partial charge < -0.3 is 14.2 Å². The van der Waals surface area contributed by atoms with Gasteiger partial charge in [-0.2, -0.15) is 0 Å². The Kier molecular flexibility index (Phi) is 3.35. The quantitative estimate of drug-likeness (QED) is 0.515. The molecule has 6 nitrogen and oxygen atoms in total. The molecule has 0 N–H and O–H groups in total. The second-order valence-corrected chi connectivity index (χ2v) is 4.57. The maximum atomic E-state index is 11.3. The molecule has 1 rings (SSSR count). The number of sulfone groups is 1. The molecule has 0 saturated carbocycles. The average molecular weight is 234 g/mol. The van der Waals surface area contributed by atoms with E-state index in [-0.39, 0.29) is 12.6 Å². The summed E-state index contributed by atoms with van der Waals surface area (Å²) in [5.41, 5.74) is 0. The van der Waals surface area contributed by atoms with E-state index in [1.165, 1.54) is 0 Å². The highest BCUT2D eigenvalue weighted by molar-refractivity contribution is 7.95. The summed E-state index contributed by atoms with van der Waals surface area (Å²) in [6, 6.07) is 0. The molecule has 0 aromatic rings.